The van der Waals surface area contributed by atoms with Crippen LogP contribution in [0, 0.1) is 5.92 Å². The van der Waals surface area contributed by atoms with Crippen LogP contribution >= 0.6 is 0 Å². The Kier molecular flexibility index (Phi) is 17.8. The quantitative estimate of drug-likeness (QED) is 0.514. The highest BCUT2D eigenvalue weighted by molar-refractivity contribution is 5.31. The van der Waals surface area contributed by atoms with Crippen molar-refractivity contribution in [3.8, 4) is 0 Å². The fraction of sp³-hybridized carbons (Fsp3) is 0.417. The molecule has 1 aromatic carbocycles. The Balaban J connectivity index is 0. The van der Waals surface area contributed by atoms with Gasteiger partial charge in [0.05, 0.1) is 0 Å². The Labute approximate surface area is 151 Å². The van der Waals surface area contributed by atoms with Gasteiger partial charge < -0.3 is 0 Å². The molecule has 0 aliphatic heterocycles. The minimum absolute atomic E-state index is 0.613. The minimum Gasteiger partial charge on any atom is -0.0683 e. The zero-order valence-corrected chi connectivity index (χ0v) is 17.1. The van der Waals surface area contributed by atoms with E-state index in [1.165, 1.54) is 11.1 Å². The van der Waals surface area contributed by atoms with Crippen molar-refractivity contribution >= 4 is 0 Å². The molecular formula is C24H38. The van der Waals surface area contributed by atoms with Crippen molar-refractivity contribution in [1.29, 1.82) is 0 Å². The molecule has 0 unspecified atom stereocenters. The molecule has 0 bridgehead atoms. The van der Waals surface area contributed by atoms with Gasteiger partial charge in [-0.2, -0.15) is 0 Å². The van der Waals surface area contributed by atoms with Crippen LogP contribution in [-0.2, 0) is 0 Å². The van der Waals surface area contributed by atoms with Crippen LogP contribution in [0.1, 0.15) is 66.9 Å². The predicted octanol–water partition coefficient (Wildman–Crippen LogP) is 8.11. The molecule has 1 aliphatic carbocycles. The van der Waals surface area contributed by atoms with Gasteiger partial charge in [0.2, 0.25) is 0 Å². The fourth-order valence-electron chi connectivity index (χ4n) is 1.80. The third-order valence-electron chi connectivity index (χ3n) is 3.15. The summed E-state index contributed by atoms with van der Waals surface area (Å²) in [5, 5.41) is 0. The normalized spacial score (nSPS) is 14.5. The molecule has 1 aromatic rings. The minimum atomic E-state index is 0.613. The van der Waals surface area contributed by atoms with E-state index in [-0.39, 0.29) is 0 Å². The highest BCUT2D eigenvalue weighted by Crippen LogP contribution is 2.12. The maximum Gasteiger partial charge on any atom is -0.0219 e. The number of benzene rings is 1. The van der Waals surface area contributed by atoms with Crippen LogP contribution in [0.5, 0.6) is 0 Å². The molecule has 0 fully saturated rings. The van der Waals surface area contributed by atoms with Crippen LogP contribution in [-0.4, -0.2) is 0 Å². The molecule has 24 heavy (non-hydrogen) atoms. The molecule has 0 nitrogen and oxygen atoms in total. The first kappa shape index (κ1) is 24.4. The van der Waals surface area contributed by atoms with Crippen LogP contribution < -0.4 is 0 Å². The van der Waals surface area contributed by atoms with Gasteiger partial charge in [-0.05, 0) is 23.0 Å². The molecule has 0 atom stereocenters. The van der Waals surface area contributed by atoms with Crippen molar-refractivity contribution in [1.82, 2.24) is 0 Å². The molecule has 0 spiro atoms. The highest BCUT2D eigenvalue weighted by atomic mass is 14.0. The zero-order valence-electron chi connectivity index (χ0n) is 17.1. The first-order chi connectivity index (χ1) is 11.6. The second-order valence-electron chi connectivity index (χ2n) is 5.52. The molecule has 1 aliphatic rings. The van der Waals surface area contributed by atoms with E-state index in [4.69, 9.17) is 0 Å². The summed E-state index contributed by atoms with van der Waals surface area (Å²) >= 11 is 0. The second-order valence-corrected chi connectivity index (χ2v) is 5.52. The molecule has 0 heterocycles. The van der Waals surface area contributed by atoms with Gasteiger partial charge in [0, 0.05) is 0 Å². The Morgan fingerprint density at radius 1 is 0.583 bits per heavy atom. The maximum atomic E-state index is 2.20. The van der Waals surface area contributed by atoms with Crippen molar-refractivity contribution in [2.45, 2.75) is 61.3 Å². The lowest BCUT2D eigenvalue weighted by atomic mass is 10.0. The number of hydrogen-bond donors (Lipinski definition) is 0. The summed E-state index contributed by atoms with van der Waals surface area (Å²) in [5.74, 6) is 1.27. The van der Waals surface area contributed by atoms with Crippen LogP contribution in [0.15, 0.2) is 78.4 Å². The van der Waals surface area contributed by atoms with Crippen molar-refractivity contribution in [3.05, 3.63) is 84.0 Å². The van der Waals surface area contributed by atoms with E-state index in [1.54, 1.807) is 0 Å². The van der Waals surface area contributed by atoms with Crippen molar-refractivity contribution in [2.24, 2.45) is 5.92 Å². The molecule has 0 N–H and O–H groups in total. The third-order valence-corrected chi connectivity index (χ3v) is 3.15. The second kappa shape index (κ2) is 17.5. The summed E-state index contributed by atoms with van der Waals surface area (Å²) in [6.45, 7) is 16.8. The Morgan fingerprint density at radius 2 is 1.08 bits per heavy atom. The molecule has 0 heteroatoms. The summed E-state index contributed by atoms with van der Waals surface area (Å²) in [7, 11) is 0. The van der Waals surface area contributed by atoms with E-state index in [9.17, 15) is 0 Å². The SMILES string of the molecule is CC.CC.CC(C)C1=C/C=C\C=C/C=C1.CC(C)c1ccccc1. The third kappa shape index (κ3) is 12.7. The van der Waals surface area contributed by atoms with Gasteiger partial charge >= 0.3 is 0 Å². The lowest BCUT2D eigenvalue weighted by molar-refractivity contribution is 0.791. The lowest BCUT2D eigenvalue weighted by Crippen LogP contribution is -1.89. The van der Waals surface area contributed by atoms with Gasteiger partial charge in [-0.1, -0.05) is 128 Å². The first-order valence-corrected chi connectivity index (χ1v) is 9.37. The van der Waals surface area contributed by atoms with Gasteiger partial charge in [-0.15, -0.1) is 0 Å². The van der Waals surface area contributed by atoms with Gasteiger partial charge in [-0.3, -0.25) is 0 Å². The molecule has 0 aromatic heterocycles. The summed E-state index contributed by atoms with van der Waals surface area (Å²) in [6.07, 6.45) is 14.6. The van der Waals surface area contributed by atoms with E-state index in [0.29, 0.717) is 11.8 Å². The number of rotatable bonds is 2. The average molecular weight is 327 g/mol. The Hall–Kier alpha value is -1.82. The van der Waals surface area contributed by atoms with Crippen molar-refractivity contribution < 1.29 is 0 Å². The average Bonchev–Trinajstić information content (AvgIpc) is 2.59. The van der Waals surface area contributed by atoms with E-state index in [1.807, 2.05) is 52.0 Å². The van der Waals surface area contributed by atoms with Crippen LogP contribution in [0.2, 0.25) is 0 Å². The van der Waals surface area contributed by atoms with Gasteiger partial charge in [0.15, 0.2) is 0 Å². The Morgan fingerprint density at radius 3 is 1.54 bits per heavy atom. The van der Waals surface area contributed by atoms with Crippen molar-refractivity contribution in [2.75, 3.05) is 0 Å². The summed E-state index contributed by atoms with van der Waals surface area (Å²) in [5.41, 5.74) is 2.79. The van der Waals surface area contributed by atoms with E-state index in [2.05, 4.69) is 76.3 Å². The molecule has 0 radical (unpaired) electrons. The summed E-state index contributed by atoms with van der Waals surface area (Å²) in [6, 6.07) is 10.5. The van der Waals surface area contributed by atoms with E-state index < -0.39 is 0 Å². The van der Waals surface area contributed by atoms with E-state index >= 15 is 0 Å². The topological polar surface area (TPSA) is 0 Å². The van der Waals surface area contributed by atoms with Gasteiger partial charge in [0.25, 0.3) is 0 Å². The van der Waals surface area contributed by atoms with Crippen LogP contribution in [0.25, 0.3) is 0 Å². The molecule has 0 saturated heterocycles. The standard InChI is InChI=1S/C11H14.C9H12.2C2H6/c1-10(2)11-8-6-4-3-5-7-9-11;1-8(2)9-6-4-3-5-7-9;2*1-2/h3-10H,1-2H3;3-8H,1-2H3;2*1-2H3/b4-3-,5-3?,6-4?,7-5-,8-6?,9-7?,11-8?,11-9?;;;. The number of hydrogen-bond acceptors (Lipinski definition) is 0. The van der Waals surface area contributed by atoms with Gasteiger partial charge in [0.1, 0.15) is 0 Å². The molecule has 134 valence electrons. The monoisotopic (exact) mass is 326 g/mol. The Bertz CT molecular complexity index is 482. The lowest BCUT2D eigenvalue weighted by Gasteiger charge is -2.04. The van der Waals surface area contributed by atoms with Gasteiger partial charge in [-0.25, -0.2) is 0 Å². The number of allylic oxidation sites excluding steroid dienone is 8. The summed E-state index contributed by atoms with van der Waals surface area (Å²) < 4.78 is 0. The first-order valence-electron chi connectivity index (χ1n) is 9.37. The smallest absolute Gasteiger partial charge is 0.0219 e. The maximum absolute atomic E-state index is 2.20. The molecule has 0 amide bonds. The highest BCUT2D eigenvalue weighted by Gasteiger charge is 1.96. The van der Waals surface area contributed by atoms with E-state index in [0.717, 1.165) is 0 Å². The molecular weight excluding hydrogens is 288 g/mol. The molecule has 0 saturated carbocycles. The van der Waals surface area contributed by atoms with Crippen molar-refractivity contribution in [3.63, 3.8) is 0 Å². The van der Waals surface area contributed by atoms with Crippen LogP contribution in [0.4, 0.5) is 0 Å². The zero-order chi connectivity index (χ0) is 18.8. The molecule has 2 rings (SSSR count). The van der Waals surface area contributed by atoms with Crippen LogP contribution in [0.3, 0.4) is 0 Å². The largest absolute Gasteiger partial charge is 0.0683 e. The predicted molar refractivity (Wildman–Crippen MR) is 114 cm³/mol. The summed E-state index contributed by atoms with van der Waals surface area (Å²) in [4.78, 5) is 0. The fourth-order valence-corrected chi connectivity index (χ4v) is 1.80.